The van der Waals surface area contributed by atoms with Crippen LogP contribution in [0.25, 0.3) is 10.9 Å². The molecule has 2 atom stereocenters. The Morgan fingerprint density at radius 2 is 1.97 bits per heavy atom. The van der Waals surface area contributed by atoms with E-state index in [1.54, 1.807) is 29.1 Å². The molecule has 2 aromatic carbocycles. The normalized spacial score (nSPS) is 20.8. The van der Waals surface area contributed by atoms with Gasteiger partial charge >= 0.3 is 0 Å². The van der Waals surface area contributed by atoms with Crippen LogP contribution in [-0.2, 0) is 11.3 Å². The first-order chi connectivity index (χ1) is 14.5. The lowest BCUT2D eigenvalue weighted by Crippen LogP contribution is -2.33. The van der Waals surface area contributed by atoms with Gasteiger partial charge < -0.3 is 4.90 Å². The Hall–Kier alpha value is -3.31. The number of carbonyl (C=O) groups excluding carboxylic acids is 1. The summed E-state index contributed by atoms with van der Waals surface area (Å²) in [6.07, 6.45) is 1.06. The van der Waals surface area contributed by atoms with Crippen molar-refractivity contribution in [3.63, 3.8) is 0 Å². The van der Waals surface area contributed by atoms with E-state index in [0.717, 1.165) is 11.1 Å². The molecule has 1 fully saturated rings. The van der Waals surface area contributed by atoms with Gasteiger partial charge in [0.15, 0.2) is 0 Å². The minimum absolute atomic E-state index is 0.00408. The molecule has 0 saturated carbocycles. The van der Waals surface area contributed by atoms with Crippen LogP contribution < -0.4 is 0 Å². The fourth-order valence-corrected chi connectivity index (χ4v) is 4.21. The molecular weight excluding hydrogens is 391 g/mol. The van der Waals surface area contributed by atoms with Crippen molar-refractivity contribution in [2.75, 3.05) is 6.54 Å². The predicted molar refractivity (Wildman–Crippen MR) is 105 cm³/mol. The van der Waals surface area contributed by atoms with Crippen molar-refractivity contribution < 1.29 is 18.0 Å². The minimum Gasteiger partial charge on any atom is -0.328 e. The first-order valence-corrected chi connectivity index (χ1v) is 9.77. The maximum Gasteiger partial charge on any atom is 0.258 e. The van der Waals surface area contributed by atoms with Gasteiger partial charge in [-0.2, -0.15) is 5.10 Å². The molecule has 1 aliphatic carbocycles. The lowest BCUT2D eigenvalue weighted by atomic mass is 9.95. The van der Waals surface area contributed by atoms with Crippen LogP contribution in [0.15, 0.2) is 65.5 Å². The van der Waals surface area contributed by atoms with Crippen LogP contribution >= 0.6 is 0 Å². The first-order valence-electron chi connectivity index (χ1n) is 9.77. The maximum atomic E-state index is 14.1. The number of rotatable bonds is 4. The first kappa shape index (κ1) is 18.7. The van der Waals surface area contributed by atoms with E-state index in [0.29, 0.717) is 29.5 Å². The van der Waals surface area contributed by atoms with Crippen molar-refractivity contribution in [1.82, 2.24) is 14.7 Å². The molecule has 30 heavy (non-hydrogen) atoms. The number of hydrogen-bond donors (Lipinski definition) is 0. The molecule has 3 aromatic rings. The van der Waals surface area contributed by atoms with Crippen molar-refractivity contribution in [2.45, 2.75) is 31.6 Å². The molecule has 2 heterocycles. The van der Waals surface area contributed by atoms with Crippen LogP contribution in [0.5, 0.6) is 0 Å². The molecule has 1 aliphatic heterocycles. The molecule has 5 rings (SSSR count). The van der Waals surface area contributed by atoms with Gasteiger partial charge in [-0.3, -0.25) is 9.48 Å². The number of nitrogens with zero attached hydrogens (tertiary/aromatic N) is 3. The van der Waals surface area contributed by atoms with Gasteiger partial charge in [0.1, 0.15) is 17.8 Å². The Labute approximate surface area is 170 Å². The monoisotopic (exact) mass is 409 g/mol. The number of alkyl halides is 1. The Bertz CT molecular complexity index is 1230. The molecule has 0 N–H and O–H groups in total. The fourth-order valence-electron chi connectivity index (χ4n) is 4.21. The third kappa shape index (κ3) is 3.31. The predicted octanol–water partition coefficient (Wildman–Crippen LogP) is 4.48. The van der Waals surface area contributed by atoms with Crippen LogP contribution in [0.2, 0.25) is 0 Å². The molecule has 2 aliphatic rings. The Morgan fingerprint density at radius 3 is 2.77 bits per heavy atom. The van der Waals surface area contributed by atoms with Crippen LogP contribution in [0.3, 0.4) is 0 Å². The van der Waals surface area contributed by atoms with Gasteiger partial charge in [0, 0.05) is 18.2 Å². The van der Waals surface area contributed by atoms with Crippen LogP contribution in [0.4, 0.5) is 13.2 Å². The number of benzene rings is 2. The highest BCUT2D eigenvalue weighted by molar-refractivity contribution is 5.95. The second kappa shape index (κ2) is 7.18. The number of carbonyl (C=O) groups is 1. The van der Waals surface area contributed by atoms with E-state index in [9.17, 15) is 18.0 Å². The van der Waals surface area contributed by atoms with Gasteiger partial charge in [-0.05, 0) is 41.5 Å². The summed E-state index contributed by atoms with van der Waals surface area (Å²) in [7, 11) is 0. The zero-order chi connectivity index (χ0) is 20.8. The van der Waals surface area contributed by atoms with Gasteiger partial charge in [0.2, 0.25) is 0 Å². The molecule has 152 valence electrons. The minimum atomic E-state index is -1.14. The van der Waals surface area contributed by atoms with E-state index in [1.165, 1.54) is 29.2 Å². The van der Waals surface area contributed by atoms with Crippen molar-refractivity contribution in [2.24, 2.45) is 0 Å². The van der Waals surface area contributed by atoms with Gasteiger partial charge in [0.05, 0.1) is 36.4 Å². The maximum absolute atomic E-state index is 14.1. The Morgan fingerprint density at radius 1 is 1.17 bits per heavy atom. The summed E-state index contributed by atoms with van der Waals surface area (Å²) in [5.74, 6) is -0.985. The number of aromatic nitrogens is 2. The third-order valence-corrected chi connectivity index (χ3v) is 5.66. The molecule has 0 spiro atoms. The van der Waals surface area contributed by atoms with E-state index in [2.05, 4.69) is 10.8 Å². The smallest absolute Gasteiger partial charge is 0.258 e. The van der Waals surface area contributed by atoms with Crippen LogP contribution in [-0.4, -0.2) is 33.3 Å². The molecule has 7 heteroatoms. The van der Waals surface area contributed by atoms with E-state index in [4.69, 9.17) is 0 Å². The van der Waals surface area contributed by atoms with Crippen molar-refractivity contribution in [3.05, 3.63) is 82.7 Å². The lowest BCUT2D eigenvalue weighted by molar-refractivity contribution is -0.128. The summed E-state index contributed by atoms with van der Waals surface area (Å²) in [5.41, 5.74) is 5.87. The highest BCUT2D eigenvalue weighted by Gasteiger charge is 2.38. The lowest BCUT2D eigenvalue weighted by Gasteiger charge is -2.27. The fraction of sp³-hybridized carbons (Fsp3) is 0.261. The number of amides is 1. The summed E-state index contributed by atoms with van der Waals surface area (Å²) in [6, 6.07) is 9.96. The van der Waals surface area contributed by atoms with Crippen molar-refractivity contribution in [3.8, 4) is 0 Å². The van der Waals surface area contributed by atoms with Gasteiger partial charge in [-0.15, -0.1) is 5.73 Å². The Kier molecular flexibility index (Phi) is 4.48. The molecule has 1 aromatic heterocycles. The summed E-state index contributed by atoms with van der Waals surface area (Å²) >= 11 is 0. The van der Waals surface area contributed by atoms with Gasteiger partial charge in [0.25, 0.3) is 5.91 Å². The van der Waals surface area contributed by atoms with Gasteiger partial charge in [-0.25, -0.2) is 13.2 Å². The summed E-state index contributed by atoms with van der Waals surface area (Å²) in [6.45, 7) is 0.445. The highest BCUT2D eigenvalue weighted by Crippen LogP contribution is 2.36. The standard InChI is InChI=1S/C23H18F3N3O/c24-18-3-1-2-15(8-18)22-10-20(26)13-28(22)23(30)16-6-14(7-16)12-29-21-5-4-19(25)9-17(21)11-27-29/h1-5,8-9,11,20,22H,6,10,12-13H2. The Balaban J connectivity index is 1.36. The number of halogens is 3. The topological polar surface area (TPSA) is 38.1 Å². The third-order valence-electron chi connectivity index (χ3n) is 5.66. The number of hydrogen-bond acceptors (Lipinski definition) is 2. The molecule has 1 amide bonds. The van der Waals surface area contributed by atoms with E-state index < -0.39 is 18.0 Å². The quantitative estimate of drug-likeness (QED) is 0.596. The van der Waals surface area contributed by atoms with Crippen LogP contribution in [0, 0.1) is 11.6 Å². The average Bonchev–Trinajstić information content (AvgIpc) is 3.27. The highest BCUT2D eigenvalue weighted by atomic mass is 19.1. The van der Waals surface area contributed by atoms with Crippen LogP contribution in [0.1, 0.15) is 24.4 Å². The molecule has 2 unspecified atom stereocenters. The van der Waals surface area contributed by atoms with Gasteiger partial charge in [-0.1, -0.05) is 12.1 Å². The van der Waals surface area contributed by atoms with Crippen molar-refractivity contribution in [1.29, 1.82) is 0 Å². The second-order valence-corrected chi connectivity index (χ2v) is 7.75. The van der Waals surface area contributed by atoms with Crippen molar-refractivity contribution >= 4 is 16.8 Å². The zero-order valence-electron chi connectivity index (χ0n) is 16.0. The largest absolute Gasteiger partial charge is 0.328 e. The SMILES string of the molecule is O=C(C1=C=C(Cn2ncc3cc(F)ccc32)C1)N1CC(F)CC1c1cccc(F)c1. The molecule has 1 saturated heterocycles. The van der Waals surface area contributed by atoms with E-state index in [-0.39, 0.29) is 24.7 Å². The summed E-state index contributed by atoms with van der Waals surface area (Å²) in [4.78, 5) is 14.4. The summed E-state index contributed by atoms with van der Waals surface area (Å²) < 4.78 is 42.8. The number of likely N-dealkylation sites (tertiary alicyclic amines) is 1. The second-order valence-electron chi connectivity index (χ2n) is 7.75. The van der Waals surface area contributed by atoms with E-state index >= 15 is 0 Å². The van der Waals surface area contributed by atoms with E-state index in [1.807, 2.05) is 0 Å². The molecule has 0 radical (unpaired) electrons. The summed E-state index contributed by atoms with van der Waals surface area (Å²) in [5, 5.41) is 4.98. The molecule has 4 nitrogen and oxygen atoms in total. The molecule has 0 bridgehead atoms. The zero-order valence-corrected chi connectivity index (χ0v) is 16.0. The number of fused-ring (bicyclic) bond motifs is 1. The molecular formula is C23H18F3N3O. The average molecular weight is 409 g/mol.